The van der Waals surface area contributed by atoms with Gasteiger partial charge in [0.05, 0.1) is 6.42 Å². The van der Waals surface area contributed by atoms with Crippen molar-refractivity contribution in [3.63, 3.8) is 0 Å². The molecular weight excluding hydrogens is 358 g/mol. The lowest BCUT2D eigenvalue weighted by molar-refractivity contribution is -0.139. The van der Waals surface area contributed by atoms with Gasteiger partial charge in [-0.15, -0.1) is 0 Å². The van der Waals surface area contributed by atoms with Crippen LogP contribution in [0.2, 0.25) is 0 Å². The van der Waals surface area contributed by atoms with Gasteiger partial charge < -0.3 is 19.9 Å². The molecule has 0 atom stereocenters. The van der Waals surface area contributed by atoms with E-state index in [0.29, 0.717) is 32.6 Å². The molecule has 1 aromatic carbocycles. The quantitative estimate of drug-likeness (QED) is 0.837. The number of aryl methyl sites for hydroxylation is 1. The topological polar surface area (TPSA) is 79.0 Å². The van der Waals surface area contributed by atoms with Crippen LogP contribution in [0.25, 0.3) is 0 Å². The minimum atomic E-state index is -0.560. The number of carbonyl (C=O) groups excluding carboxylic acids is 3. The molecule has 0 aliphatic carbocycles. The fourth-order valence-corrected chi connectivity index (χ4v) is 2.94. The lowest BCUT2D eigenvalue weighted by Gasteiger charge is -2.35. The Morgan fingerprint density at radius 2 is 1.50 bits per heavy atom. The van der Waals surface area contributed by atoms with Crippen molar-refractivity contribution in [2.45, 2.75) is 46.1 Å². The van der Waals surface area contributed by atoms with Crippen LogP contribution in [-0.4, -0.2) is 66.0 Å². The molecule has 1 saturated heterocycles. The first-order chi connectivity index (χ1) is 13.1. The molecule has 0 spiro atoms. The maximum absolute atomic E-state index is 12.5. The van der Waals surface area contributed by atoms with Crippen molar-refractivity contribution in [1.29, 1.82) is 0 Å². The van der Waals surface area contributed by atoms with Crippen LogP contribution in [0.1, 0.15) is 38.3 Å². The van der Waals surface area contributed by atoms with Crippen LogP contribution in [0.5, 0.6) is 0 Å². The van der Waals surface area contributed by atoms with E-state index in [1.165, 1.54) is 5.56 Å². The first kappa shape index (κ1) is 21.7. The van der Waals surface area contributed by atoms with E-state index in [-0.39, 0.29) is 24.8 Å². The number of carbonyl (C=O) groups is 3. The van der Waals surface area contributed by atoms with Crippen LogP contribution < -0.4 is 5.32 Å². The molecule has 0 bridgehead atoms. The van der Waals surface area contributed by atoms with Crippen LogP contribution in [-0.2, 0) is 20.7 Å². The van der Waals surface area contributed by atoms with Crippen molar-refractivity contribution >= 4 is 17.9 Å². The molecule has 1 aliphatic heterocycles. The van der Waals surface area contributed by atoms with E-state index in [9.17, 15) is 14.4 Å². The third-order valence-electron chi connectivity index (χ3n) is 4.47. The molecule has 0 saturated carbocycles. The molecule has 0 aromatic heterocycles. The molecular formula is C21H31N3O4. The Morgan fingerprint density at radius 1 is 0.964 bits per heavy atom. The minimum absolute atomic E-state index is 0.0262. The summed E-state index contributed by atoms with van der Waals surface area (Å²) in [6.45, 7) is 9.74. The number of hydrogen-bond donors (Lipinski definition) is 1. The van der Waals surface area contributed by atoms with Crippen molar-refractivity contribution in [1.82, 2.24) is 15.1 Å². The van der Waals surface area contributed by atoms with Crippen LogP contribution >= 0.6 is 0 Å². The first-order valence-electron chi connectivity index (χ1n) is 9.72. The molecule has 154 valence electrons. The van der Waals surface area contributed by atoms with Crippen molar-refractivity contribution < 1.29 is 19.1 Å². The summed E-state index contributed by atoms with van der Waals surface area (Å²) in [5, 5.41) is 2.59. The van der Waals surface area contributed by atoms with Crippen molar-refractivity contribution in [3.8, 4) is 0 Å². The summed E-state index contributed by atoms with van der Waals surface area (Å²) in [5.41, 5.74) is 1.61. The highest BCUT2D eigenvalue weighted by Crippen LogP contribution is 2.10. The molecule has 7 nitrogen and oxygen atoms in total. The van der Waals surface area contributed by atoms with Gasteiger partial charge in [-0.05, 0) is 33.3 Å². The van der Waals surface area contributed by atoms with Gasteiger partial charge in [0.15, 0.2) is 0 Å². The lowest BCUT2D eigenvalue weighted by Crippen LogP contribution is -2.51. The fourth-order valence-electron chi connectivity index (χ4n) is 2.94. The Hall–Kier alpha value is -2.57. The summed E-state index contributed by atoms with van der Waals surface area (Å²) in [7, 11) is 0. The van der Waals surface area contributed by atoms with Gasteiger partial charge in [-0.3, -0.25) is 9.59 Å². The maximum Gasteiger partial charge on any atom is 0.407 e. The normalized spacial score (nSPS) is 14.6. The van der Waals surface area contributed by atoms with Gasteiger partial charge in [-0.25, -0.2) is 4.79 Å². The lowest BCUT2D eigenvalue weighted by atomic mass is 10.1. The summed E-state index contributed by atoms with van der Waals surface area (Å²) >= 11 is 0. The third kappa shape index (κ3) is 7.21. The molecule has 0 radical (unpaired) electrons. The summed E-state index contributed by atoms with van der Waals surface area (Å²) in [4.78, 5) is 39.9. The van der Waals surface area contributed by atoms with Crippen LogP contribution in [0, 0.1) is 6.92 Å². The molecule has 2 rings (SSSR count). The summed E-state index contributed by atoms with van der Waals surface area (Å²) < 4.78 is 5.14. The Balaban J connectivity index is 1.69. The molecule has 1 aromatic rings. The number of nitrogens with one attached hydrogen (secondary N) is 1. The number of amides is 3. The number of ether oxygens (including phenoxy) is 1. The zero-order chi connectivity index (χ0) is 20.7. The smallest absolute Gasteiger partial charge is 0.407 e. The molecule has 7 heteroatoms. The van der Waals surface area contributed by atoms with Gasteiger partial charge in [0.2, 0.25) is 11.8 Å². The Morgan fingerprint density at radius 3 is 2.04 bits per heavy atom. The van der Waals surface area contributed by atoms with Gasteiger partial charge in [0, 0.05) is 39.1 Å². The van der Waals surface area contributed by atoms with Crippen LogP contribution in [0.3, 0.4) is 0 Å². The zero-order valence-electron chi connectivity index (χ0n) is 17.3. The van der Waals surface area contributed by atoms with E-state index in [4.69, 9.17) is 4.74 Å². The van der Waals surface area contributed by atoms with E-state index in [2.05, 4.69) is 5.32 Å². The zero-order valence-corrected chi connectivity index (χ0v) is 17.3. The van der Waals surface area contributed by atoms with E-state index >= 15 is 0 Å². The summed E-state index contributed by atoms with van der Waals surface area (Å²) in [6.07, 6.45) is 0.0803. The molecule has 1 heterocycles. The van der Waals surface area contributed by atoms with E-state index in [1.54, 1.807) is 25.7 Å². The molecule has 28 heavy (non-hydrogen) atoms. The van der Waals surface area contributed by atoms with Gasteiger partial charge in [0.1, 0.15) is 5.60 Å². The predicted octanol–water partition coefficient (Wildman–Crippen LogP) is 2.12. The Labute approximate surface area is 167 Å². The highest BCUT2D eigenvalue weighted by Gasteiger charge is 2.24. The monoisotopic (exact) mass is 389 g/mol. The number of hydrogen-bond acceptors (Lipinski definition) is 4. The molecule has 1 N–H and O–H groups in total. The highest BCUT2D eigenvalue weighted by atomic mass is 16.6. The average molecular weight is 389 g/mol. The minimum Gasteiger partial charge on any atom is -0.444 e. The van der Waals surface area contributed by atoms with E-state index < -0.39 is 11.7 Å². The van der Waals surface area contributed by atoms with Gasteiger partial charge in [-0.1, -0.05) is 29.8 Å². The van der Waals surface area contributed by atoms with Gasteiger partial charge >= 0.3 is 6.09 Å². The van der Waals surface area contributed by atoms with Crippen molar-refractivity contribution in [2.75, 3.05) is 32.7 Å². The van der Waals surface area contributed by atoms with Crippen molar-refractivity contribution in [3.05, 3.63) is 35.4 Å². The number of alkyl carbamates (subject to hydrolysis) is 1. The van der Waals surface area contributed by atoms with E-state index in [0.717, 1.165) is 5.56 Å². The largest absolute Gasteiger partial charge is 0.444 e. The van der Waals surface area contributed by atoms with Gasteiger partial charge in [-0.2, -0.15) is 0 Å². The third-order valence-corrected chi connectivity index (χ3v) is 4.47. The summed E-state index contributed by atoms with van der Waals surface area (Å²) in [5.74, 6) is 0.0595. The first-order valence-corrected chi connectivity index (χ1v) is 9.72. The van der Waals surface area contributed by atoms with Gasteiger partial charge in [0.25, 0.3) is 0 Å². The Kier molecular flexibility index (Phi) is 7.43. The van der Waals surface area contributed by atoms with Crippen molar-refractivity contribution in [2.24, 2.45) is 0 Å². The van der Waals surface area contributed by atoms with Crippen LogP contribution in [0.4, 0.5) is 4.79 Å². The molecule has 1 fully saturated rings. The SMILES string of the molecule is Cc1ccc(CC(=O)N2CCN(C(=O)CCNC(=O)OC(C)(C)C)CC2)cc1. The predicted molar refractivity (Wildman–Crippen MR) is 107 cm³/mol. The standard InChI is InChI=1S/C21H31N3O4/c1-16-5-7-17(8-6-16)15-19(26)24-13-11-23(12-14-24)18(25)9-10-22-20(27)28-21(2,3)4/h5-8H,9-15H2,1-4H3,(H,22,27). The summed E-state index contributed by atoms with van der Waals surface area (Å²) in [6, 6.07) is 7.96. The van der Waals surface area contributed by atoms with E-state index in [1.807, 2.05) is 36.1 Å². The number of piperazine rings is 1. The molecule has 1 aliphatic rings. The Bertz CT molecular complexity index is 687. The second-order valence-electron chi connectivity index (χ2n) is 8.10. The second-order valence-corrected chi connectivity index (χ2v) is 8.10. The average Bonchev–Trinajstić information content (AvgIpc) is 2.62. The molecule has 3 amide bonds. The highest BCUT2D eigenvalue weighted by molar-refractivity contribution is 5.80. The molecule has 0 unspecified atom stereocenters. The number of rotatable bonds is 5. The second kappa shape index (κ2) is 9.57. The van der Waals surface area contributed by atoms with Crippen LogP contribution in [0.15, 0.2) is 24.3 Å². The number of nitrogens with zero attached hydrogens (tertiary/aromatic N) is 2. The maximum atomic E-state index is 12.5. The number of benzene rings is 1. The fraction of sp³-hybridized carbons (Fsp3) is 0.571.